The van der Waals surface area contributed by atoms with Crippen LogP contribution in [-0.4, -0.2) is 39.5 Å². The van der Waals surface area contributed by atoms with Crippen LogP contribution in [0.2, 0.25) is 0 Å². The summed E-state index contributed by atoms with van der Waals surface area (Å²) in [5.74, 6) is 0.667. The third-order valence-electron chi connectivity index (χ3n) is 4.10. The molecule has 0 radical (unpaired) electrons. The molecule has 0 aromatic carbocycles. The van der Waals surface area contributed by atoms with Gasteiger partial charge >= 0.3 is 6.09 Å². The lowest BCUT2D eigenvalue weighted by Crippen LogP contribution is -2.52. The highest BCUT2D eigenvalue weighted by atomic mass is 16.6. The highest BCUT2D eigenvalue weighted by molar-refractivity contribution is 5.69. The highest BCUT2D eigenvalue weighted by Crippen LogP contribution is 2.31. The Morgan fingerprint density at radius 3 is 2.62 bits per heavy atom. The molecule has 1 aromatic rings. The smallest absolute Gasteiger partial charge is 0.410 e. The van der Waals surface area contributed by atoms with E-state index >= 15 is 0 Å². The number of hydrogen-bond acceptors (Lipinski definition) is 4. The molecule has 0 bridgehead atoms. The van der Waals surface area contributed by atoms with Crippen LogP contribution >= 0.6 is 0 Å². The number of carbonyl (C=O) groups is 1. The Labute approximate surface area is 125 Å². The van der Waals surface area contributed by atoms with Gasteiger partial charge in [-0.2, -0.15) is 5.10 Å². The summed E-state index contributed by atoms with van der Waals surface area (Å²) in [5, 5.41) is 4.50. The average molecular weight is 292 g/mol. The van der Waals surface area contributed by atoms with Gasteiger partial charge in [0, 0.05) is 24.3 Å². The van der Waals surface area contributed by atoms with Crippen LogP contribution in [0.5, 0.6) is 0 Å². The van der Waals surface area contributed by atoms with Crippen LogP contribution in [0.1, 0.15) is 50.9 Å². The monoisotopic (exact) mass is 292 g/mol. The summed E-state index contributed by atoms with van der Waals surface area (Å²) in [6.07, 6.45) is 4.22. The Bertz CT molecular complexity index is 553. The van der Waals surface area contributed by atoms with Crippen molar-refractivity contribution in [1.82, 2.24) is 14.7 Å². The molecule has 0 unspecified atom stereocenters. The van der Waals surface area contributed by atoms with Crippen LogP contribution in [0, 0.1) is 0 Å². The summed E-state index contributed by atoms with van der Waals surface area (Å²) >= 11 is 0. The van der Waals surface area contributed by atoms with Crippen LogP contribution in [0.4, 0.5) is 10.6 Å². The summed E-state index contributed by atoms with van der Waals surface area (Å²) in [6.45, 7) is 6.96. The minimum Gasteiger partial charge on any atom is -0.444 e. The molecule has 116 valence electrons. The Hall–Kier alpha value is -1.72. The molecule has 1 aliphatic heterocycles. The fourth-order valence-corrected chi connectivity index (χ4v) is 3.04. The molecule has 1 amide bonds. The second-order valence-electron chi connectivity index (χ2n) is 7.00. The minimum absolute atomic E-state index is 0.238. The number of nitrogens with two attached hydrogens (primary N) is 1. The van der Waals surface area contributed by atoms with Crippen molar-refractivity contribution < 1.29 is 9.53 Å². The van der Waals surface area contributed by atoms with Crippen molar-refractivity contribution in [3.63, 3.8) is 0 Å². The molecule has 21 heavy (non-hydrogen) atoms. The van der Waals surface area contributed by atoms with Crippen molar-refractivity contribution in [2.45, 2.75) is 58.1 Å². The largest absolute Gasteiger partial charge is 0.444 e. The van der Waals surface area contributed by atoms with E-state index < -0.39 is 5.60 Å². The molecule has 1 aromatic heterocycles. The van der Waals surface area contributed by atoms with E-state index in [-0.39, 0.29) is 12.1 Å². The molecule has 0 saturated carbocycles. The van der Waals surface area contributed by atoms with Gasteiger partial charge in [-0.1, -0.05) is 0 Å². The third kappa shape index (κ3) is 2.71. The van der Waals surface area contributed by atoms with E-state index in [4.69, 9.17) is 10.5 Å². The second kappa shape index (κ2) is 4.93. The van der Waals surface area contributed by atoms with Crippen molar-refractivity contribution in [3.8, 4) is 0 Å². The summed E-state index contributed by atoms with van der Waals surface area (Å²) in [4.78, 5) is 13.7. The summed E-state index contributed by atoms with van der Waals surface area (Å²) in [6, 6.07) is 0.238. The Morgan fingerprint density at radius 2 is 1.95 bits per heavy atom. The molecule has 0 atom stereocenters. The van der Waals surface area contributed by atoms with Crippen molar-refractivity contribution in [2.75, 3.05) is 18.8 Å². The fourth-order valence-electron chi connectivity index (χ4n) is 3.04. The molecule has 2 aliphatic rings. The summed E-state index contributed by atoms with van der Waals surface area (Å²) in [7, 11) is 0. The van der Waals surface area contributed by atoms with Crippen LogP contribution < -0.4 is 5.73 Å². The lowest BCUT2D eigenvalue weighted by molar-refractivity contribution is -0.000758. The van der Waals surface area contributed by atoms with E-state index in [9.17, 15) is 4.79 Å². The zero-order valence-electron chi connectivity index (χ0n) is 13.1. The maximum absolute atomic E-state index is 12.0. The predicted molar refractivity (Wildman–Crippen MR) is 80.1 cm³/mol. The molecule has 6 nitrogen and oxygen atoms in total. The Morgan fingerprint density at radius 1 is 1.29 bits per heavy atom. The molecular formula is C15H24N4O2. The average Bonchev–Trinajstić information content (AvgIpc) is 2.64. The Kier molecular flexibility index (Phi) is 3.34. The van der Waals surface area contributed by atoms with Gasteiger partial charge in [0.05, 0.1) is 6.04 Å². The SMILES string of the molecule is CC(C)(C)OC(=O)N1CC(n2nc(N)c3c2CCCC3)C1. The van der Waals surface area contributed by atoms with Gasteiger partial charge in [0.2, 0.25) is 0 Å². The van der Waals surface area contributed by atoms with Gasteiger partial charge in [0.1, 0.15) is 11.4 Å². The maximum Gasteiger partial charge on any atom is 0.410 e. The van der Waals surface area contributed by atoms with Crippen molar-refractivity contribution in [1.29, 1.82) is 0 Å². The zero-order chi connectivity index (χ0) is 15.2. The van der Waals surface area contributed by atoms with E-state index in [1.165, 1.54) is 24.1 Å². The van der Waals surface area contributed by atoms with Gasteiger partial charge in [-0.3, -0.25) is 4.68 Å². The van der Waals surface area contributed by atoms with Crippen LogP contribution in [-0.2, 0) is 17.6 Å². The first-order valence-electron chi connectivity index (χ1n) is 7.69. The number of aromatic nitrogens is 2. The lowest BCUT2D eigenvalue weighted by atomic mass is 9.96. The van der Waals surface area contributed by atoms with E-state index in [1.54, 1.807) is 4.90 Å². The molecule has 1 fully saturated rings. The van der Waals surface area contributed by atoms with E-state index in [1.807, 2.05) is 25.5 Å². The molecule has 3 rings (SSSR count). The molecule has 6 heteroatoms. The number of rotatable bonds is 1. The summed E-state index contributed by atoms with van der Waals surface area (Å²) < 4.78 is 7.42. The number of ether oxygens (including phenoxy) is 1. The van der Waals surface area contributed by atoms with Gasteiger partial charge in [-0.15, -0.1) is 0 Å². The van der Waals surface area contributed by atoms with E-state index in [2.05, 4.69) is 5.10 Å². The fraction of sp³-hybridized carbons (Fsp3) is 0.733. The van der Waals surface area contributed by atoms with Crippen molar-refractivity contribution in [3.05, 3.63) is 11.3 Å². The first-order valence-corrected chi connectivity index (χ1v) is 7.69. The minimum atomic E-state index is -0.447. The molecule has 0 spiro atoms. The van der Waals surface area contributed by atoms with Crippen LogP contribution in [0.15, 0.2) is 0 Å². The highest BCUT2D eigenvalue weighted by Gasteiger charge is 2.37. The number of hydrogen-bond donors (Lipinski definition) is 1. The lowest BCUT2D eigenvalue weighted by Gasteiger charge is -2.40. The van der Waals surface area contributed by atoms with Crippen molar-refractivity contribution in [2.24, 2.45) is 0 Å². The number of likely N-dealkylation sites (tertiary alicyclic amines) is 1. The molecular weight excluding hydrogens is 268 g/mol. The molecule has 2 heterocycles. The number of fused-ring (bicyclic) bond motifs is 1. The number of anilines is 1. The topological polar surface area (TPSA) is 73.4 Å². The third-order valence-corrected chi connectivity index (χ3v) is 4.10. The first-order chi connectivity index (χ1) is 9.85. The number of carbonyl (C=O) groups excluding carboxylic acids is 1. The number of amides is 1. The number of nitrogen functional groups attached to an aromatic ring is 1. The van der Waals surface area contributed by atoms with Crippen molar-refractivity contribution >= 4 is 11.9 Å². The second-order valence-corrected chi connectivity index (χ2v) is 7.00. The normalized spacial score (nSPS) is 19.1. The van der Waals surface area contributed by atoms with Gasteiger partial charge in [0.15, 0.2) is 0 Å². The Balaban J connectivity index is 1.66. The molecule has 1 saturated heterocycles. The predicted octanol–water partition coefficient (Wildman–Crippen LogP) is 2.14. The van der Waals surface area contributed by atoms with Crippen LogP contribution in [0.25, 0.3) is 0 Å². The van der Waals surface area contributed by atoms with Gasteiger partial charge in [-0.05, 0) is 46.5 Å². The quantitative estimate of drug-likeness (QED) is 0.860. The van der Waals surface area contributed by atoms with Gasteiger partial charge in [-0.25, -0.2) is 4.79 Å². The first kappa shape index (κ1) is 14.2. The number of nitrogens with zero attached hydrogens (tertiary/aromatic N) is 3. The van der Waals surface area contributed by atoms with E-state index in [0.717, 1.165) is 12.8 Å². The van der Waals surface area contributed by atoms with Gasteiger partial charge < -0.3 is 15.4 Å². The maximum atomic E-state index is 12.0. The standard InChI is InChI=1S/C15H24N4O2/c1-15(2,3)21-14(20)18-8-10(9-18)19-12-7-5-4-6-11(12)13(16)17-19/h10H,4-9H2,1-3H3,(H2,16,17). The van der Waals surface area contributed by atoms with Crippen LogP contribution in [0.3, 0.4) is 0 Å². The van der Waals surface area contributed by atoms with E-state index in [0.29, 0.717) is 18.9 Å². The van der Waals surface area contributed by atoms with Gasteiger partial charge in [0.25, 0.3) is 0 Å². The molecule has 1 aliphatic carbocycles. The zero-order valence-corrected chi connectivity index (χ0v) is 13.1. The molecule has 2 N–H and O–H groups in total. The summed E-state index contributed by atoms with van der Waals surface area (Å²) in [5.41, 5.74) is 8.06.